The van der Waals surface area contributed by atoms with E-state index in [9.17, 15) is 5.11 Å². The summed E-state index contributed by atoms with van der Waals surface area (Å²) in [5.74, 6) is 0.351. The van der Waals surface area contributed by atoms with E-state index in [0.29, 0.717) is 18.0 Å². The van der Waals surface area contributed by atoms with Crippen LogP contribution < -0.4 is 5.32 Å². The van der Waals surface area contributed by atoms with Crippen molar-refractivity contribution in [2.24, 2.45) is 5.92 Å². The number of aliphatic hydroxyl groups is 2. The molecule has 3 N–H and O–H groups in total. The van der Waals surface area contributed by atoms with Gasteiger partial charge in [-0.25, -0.2) is 0 Å². The van der Waals surface area contributed by atoms with Crippen molar-refractivity contribution in [2.45, 2.75) is 63.6 Å². The lowest BCUT2D eigenvalue weighted by atomic mass is 9.88. The smallest absolute Gasteiger partial charge is 0.0578 e. The number of rotatable bonds is 6. The first kappa shape index (κ1) is 15.2. The van der Waals surface area contributed by atoms with Crippen molar-refractivity contribution in [1.82, 2.24) is 10.2 Å². The van der Waals surface area contributed by atoms with Gasteiger partial charge in [-0.2, -0.15) is 0 Å². The van der Waals surface area contributed by atoms with E-state index in [1.165, 1.54) is 25.7 Å². The summed E-state index contributed by atoms with van der Waals surface area (Å²) in [7, 11) is 0. The van der Waals surface area contributed by atoms with Gasteiger partial charge >= 0.3 is 0 Å². The molecule has 0 aromatic carbocycles. The molecule has 0 radical (unpaired) electrons. The van der Waals surface area contributed by atoms with Crippen LogP contribution in [0.25, 0.3) is 0 Å². The predicted octanol–water partition coefficient (Wildman–Crippen LogP) is 0.972. The van der Waals surface area contributed by atoms with E-state index in [1.54, 1.807) is 0 Å². The predicted molar refractivity (Wildman–Crippen MR) is 77.1 cm³/mol. The standard InChI is InChI=1S/C15H30N2O2/c1-2-15(19)12-9-14(11-17(10-12)7-8-18)16-13-5-3-4-6-13/h12-16,18-19H,2-11H2,1H3. The quantitative estimate of drug-likeness (QED) is 0.673. The van der Waals surface area contributed by atoms with Crippen molar-refractivity contribution in [3.8, 4) is 0 Å². The molecule has 2 aliphatic rings. The lowest BCUT2D eigenvalue weighted by Gasteiger charge is -2.40. The average molecular weight is 270 g/mol. The second-order valence-corrected chi connectivity index (χ2v) is 6.30. The van der Waals surface area contributed by atoms with Crippen molar-refractivity contribution in [3.63, 3.8) is 0 Å². The number of hydrogen-bond acceptors (Lipinski definition) is 4. The minimum atomic E-state index is -0.200. The number of β-amino-alcohol motifs (C(OH)–C–C–N with tert-alkyl or cyclic N) is 1. The topological polar surface area (TPSA) is 55.7 Å². The van der Waals surface area contributed by atoms with Gasteiger partial charge in [0.05, 0.1) is 12.7 Å². The molecule has 0 spiro atoms. The Morgan fingerprint density at radius 1 is 1.21 bits per heavy atom. The highest BCUT2D eigenvalue weighted by molar-refractivity contribution is 4.89. The summed E-state index contributed by atoms with van der Waals surface area (Å²) in [5, 5.41) is 23.1. The van der Waals surface area contributed by atoms with Crippen molar-refractivity contribution < 1.29 is 10.2 Å². The Morgan fingerprint density at radius 3 is 2.58 bits per heavy atom. The lowest BCUT2D eigenvalue weighted by molar-refractivity contribution is 0.0281. The molecule has 4 heteroatoms. The maximum absolute atomic E-state index is 10.1. The first-order chi connectivity index (χ1) is 9.22. The van der Waals surface area contributed by atoms with Crippen LogP contribution in [0.1, 0.15) is 45.4 Å². The number of hydrogen-bond donors (Lipinski definition) is 3. The van der Waals surface area contributed by atoms with E-state index in [-0.39, 0.29) is 12.7 Å². The Kier molecular flexibility index (Phi) is 6.07. The van der Waals surface area contributed by atoms with Crippen molar-refractivity contribution in [2.75, 3.05) is 26.2 Å². The molecule has 3 unspecified atom stereocenters. The van der Waals surface area contributed by atoms with Crippen LogP contribution in [0.3, 0.4) is 0 Å². The number of nitrogens with one attached hydrogen (secondary N) is 1. The number of piperidine rings is 1. The first-order valence-electron chi connectivity index (χ1n) is 8.00. The van der Waals surface area contributed by atoms with Crippen LogP contribution >= 0.6 is 0 Å². The summed E-state index contributed by atoms with van der Waals surface area (Å²) in [6.07, 6.45) is 7.02. The fraction of sp³-hybridized carbons (Fsp3) is 1.00. The van der Waals surface area contributed by atoms with Gasteiger partial charge in [-0.05, 0) is 31.6 Å². The number of nitrogens with zero attached hydrogens (tertiary/aromatic N) is 1. The third-order valence-corrected chi connectivity index (χ3v) is 4.76. The van der Waals surface area contributed by atoms with Gasteiger partial charge in [-0.15, -0.1) is 0 Å². The minimum Gasteiger partial charge on any atom is -0.395 e. The average Bonchev–Trinajstić information content (AvgIpc) is 2.90. The van der Waals surface area contributed by atoms with Gasteiger partial charge in [-0.1, -0.05) is 19.8 Å². The fourth-order valence-electron chi connectivity index (χ4n) is 3.72. The molecule has 0 aromatic rings. The zero-order valence-electron chi connectivity index (χ0n) is 12.2. The second kappa shape index (κ2) is 7.58. The Balaban J connectivity index is 1.89. The van der Waals surface area contributed by atoms with Gasteiger partial charge in [0.25, 0.3) is 0 Å². The second-order valence-electron chi connectivity index (χ2n) is 6.30. The van der Waals surface area contributed by atoms with Crippen molar-refractivity contribution in [3.05, 3.63) is 0 Å². The van der Waals surface area contributed by atoms with Crippen LogP contribution in [-0.2, 0) is 0 Å². The molecule has 1 heterocycles. The van der Waals surface area contributed by atoms with E-state index in [0.717, 1.165) is 32.5 Å². The summed E-state index contributed by atoms with van der Waals surface area (Å²) in [5.41, 5.74) is 0. The minimum absolute atomic E-state index is 0.200. The SMILES string of the molecule is CCC(O)C1CC(NC2CCCC2)CN(CCO)C1. The highest BCUT2D eigenvalue weighted by atomic mass is 16.3. The summed E-state index contributed by atoms with van der Waals surface area (Å²) in [6.45, 7) is 4.94. The first-order valence-corrected chi connectivity index (χ1v) is 8.00. The van der Waals surface area contributed by atoms with E-state index in [1.807, 2.05) is 0 Å². The van der Waals surface area contributed by atoms with Crippen molar-refractivity contribution >= 4 is 0 Å². The zero-order chi connectivity index (χ0) is 13.7. The summed E-state index contributed by atoms with van der Waals surface area (Å²) >= 11 is 0. The van der Waals surface area contributed by atoms with Gasteiger partial charge in [-0.3, -0.25) is 4.90 Å². The monoisotopic (exact) mass is 270 g/mol. The van der Waals surface area contributed by atoms with Crippen LogP contribution in [0.5, 0.6) is 0 Å². The summed E-state index contributed by atoms with van der Waals surface area (Å²) < 4.78 is 0. The van der Waals surface area contributed by atoms with Crippen LogP contribution in [0.15, 0.2) is 0 Å². The third-order valence-electron chi connectivity index (χ3n) is 4.76. The third kappa shape index (κ3) is 4.42. The normalized spacial score (nSPS) is 31.7. The van der Waals surface area contributed by atoms with Crippen LogP contribution in [0.4, 0.5) is 0 Å². The van der Waals surface area contributed by atoms with Crippen molar-refractivity contribution in [1.29, 1.82) is 0 Å². The Morgan fingerprint density at radius 2 is 1.95 bits per heavy atom. The number of aliphatic hydroxyl groups excluding tert-OH is 2. The maximum atomic E-state index is 10.1. The van der Waals surface area contributed by atoms with E-state index < -0.39 is 0 Å². The van der Waals surface area contributed by atoms with E-state index in [2.05, 4.69) is 17.1 Å². The molecular weight excluding hydrogens is 240 g/mol. The maximum Gasteiger partial charge on any atom is 0.0578 e. The molecule has 0 bridgehead atoms. The molecule has 1 aliphatic carbocycles. The molecule has 1 aliphatic heterocycles. The molecule has 4 nitrogen and oxygen atoms in total. The molecule has 1 saturated carbocycles. The lowest BCUT2D eigenvalue weighted by Crippen LogP contribution is -2.54. The largest absolute Gasteiger partial charge is 0.395 e. The van der Waals surface area contributed by atoms with Gasteiger partial charge in [0.1, 0.15) is 0 Å². The number of likely N-dealkylation sites (tertiary alicyclic amines) is 1. The van der Waals surface area contributed by atoms with Gasteiger partial charge < -0.3 is 15.5 Å². The van der Waals surface area contributed by atoms with Crippen LogP contribution in [-0.4, -0.2) is 59.5 Å². The molecule has 2 rings (SSSR count). The van der Waals surface area contributed by atoms with Gasteiger partial charge in [0, 0.05) is 31.7 Å². The molecule has 3 atom stereocenters. The molecule has 2 fully saturated rings. The Hall–Kier alpha value is -0.160. The Labute approximate surface area is 117 Å². The Bertz CT molecular complexity index is 257. The fourth-order valence-corrected chi connectivity index (χ4v) is 3.72. The molecule has 1 saturated heterocycles. The van der Waals surface area contributed by atoms with E-state index in [4.69, 9.17) is 5.11 Å². The van der Waals surface area contributed by atoms with E-state index >= 15 is 0 Å². The molecule has 19 heavy (non-hydrogen) atoms. The molecule has 0 aromatic heterocycles. The van der Waals surface area contributed by atoms with Crippen LogP contribution in [0, 0.1) is 5.92 Å². The highest BCUT2D eigenvalue weighted by Gasteiger charge is 2.32. The summed E-state index contributed by atoms with van der Waals surface area (Å²) in [4.78, 5) is 2.31. The highest BCUT2D eigenvalue weighted by Crippen LogP contribution is 2.24. The van der Waals surface area contributed by atoms with Gasteiger partial charge in [0.2, 0.25) is 0 Å². The molecular formula is C15H30N2O2. The molecule has 0 amide bonds. The van der Waals surface area contributed by atoms with Crippen LogP contribution in [0.2, 0.25) is 0 Å². The van der Waals surface area contributed by atoms with Gasteiger partial charge in [0.15, 0.2) is 0 Å². The molecule has 112 valence electrons. The zero-order valence-corrected chi connectivity index (χ0v) is 12.2. The summed E-state index contributed by atoms with van der Waals surface area (Å²) in [6, 6.07) is 1.16.